The highest BCUT2D eigenvalue weighted by Gasteiger charge is 2.28. The average Bonchev–Trinajstić information content (AvgIpc) is 2.13. The van der Waals surface area contributed by atoms with Gasteiger partial charge in [-0.25, -0.2) is 9.97 Å². The first-order chi connectivity index (χ1) is 7.94. The number of aryl methyl sites for hydroxylation is 2. The molecule has 17 heavy (non-hydrogen) atoms. The van der Waals surface area contributed by atoms with Crippen LogP contribution in [0.5, 0.6) is 0 Å². The highest BCUT2D eigenvalue weighted by molar-refractivity contribution is 5.37. The van der Waals surface area contributed by atoms with Crippen LogP contribution in [0.1, 0.15) is 38.2 Å². The van der Waals surface area contributed by atoms with Crippen molar-refractivity contribution in [1.29, 1.82) is 0 Å². The fourth-order valence-corrected chi connectivity index (χ4v) is 2.36. The molecule has 94 valence electrons. The van der Waals surface area contributed by atoms with Gasteiger partial charge in [-0.05, 0) is 40.5 Å². The average molecular weight is 235 g/mol. The lowest BCUT2D eigenvalue weighted by molar-refractivity contribution is -0.0553. The first-order valence-corrected chi connectivity index (χ1v) is 6.17. The molecule has 4 heteroatoms. The molecule has 0 spiro atoms. The van der Waals surface area contributed by atoms with Crippen LogP contribution in [0.4, 0.5) is 5.82 Å². The van der Waals surface area contributed by atoms with Crippen LogP contribution in [0.2, 0.25) is 0 Å². The standard InChI is InChI=1S/C13H21N3O/c1-9-7-12(15-10(2)14-9)16-11-5-6-17-13(3,4)8-11/h7,11H,5-6,8H2,1-4H3,(H,14,15,16). The Bertz CT molecular complexity index is 383. The quantitative estimate of drug-likeness (QED) is 0.855. The molecule has 1 N–H and O–H groups in total. The first-order valence-electron chi connectivity index (χ1n) is 6.17. The van der Waals surface area contributed by atoms with E-state index in [0.717, 1.165) is 36.8 Å². The summed E-state index contributed by atoms with van der Waals surface area (Å²) in [6.45, 7) is 9.00. The second-order valence-electron chi connectivity index (χ2n) is 5.38. The zero-order chi connectivity index (χ0) is 12.5. The predicted octanol–water partition coefficient (Wildman–Crippen LogP) is 2.46. The molecule has 2 rings (SSSR count). The van der Waals surface area contributed by atoms with E-state index >= 15 is 0 Å². The summed E-state index contributed by atoms with van der Waals surface area (Å²) in [6, 6.07) is 2.43. The van der Waals surface area contributed by atoms with Crippen molar-refractivity contribution in [2.24, 2.45) is 0 Å². The molecule has 0 bridgehead atoms. The molecule has 4 nitrogen and oxygen atoms in total. The molecule has 1 unspecified atom stereocenters. The van der Waals surface area contributed by atoms with E-state index in [4.69, 9.17) is 4.74 Å². The molecule has 2 heterocycles. The lowest BCUT2D eigenvalue weighted by Crippen LogP contribution is -2.40. The summed E-state index contributed by atoms with van der Waals surface area (Å²) in [5.41, 5.74) is 0.971. The number of nitrogens with one attached hydrogen (secondary N) is 1. The number of aromatic nitrogens is 2. The van der Waals surface area contributed by atoms with Crippen molar-refractivity contribution in [3.63, 3.8) is 0 Å². The van der Waals surface area contributed by atoms with Crippen LogP contribution in [0, 0.1) is 13.8 Å². The second-order valence-corrected chi connectivity index (χ2v) is 5.38. The molecule has 0 amide bonds. The Balaban J connectivity index is 2.05. The van der Waals surface area contributed by atoms with E-state index in [2.05, 4.69) is 29.1 Å². The van der Waals surface area contributed by atoms with Crippen LogP contribution < -0.4 is 5.32 Å². The zero-order valence-electron chi connectivity index (χ0n) is 11.1. The molecule has 0 radical (unpaired) electrons. The Kier molecular flexibility index (Phi) is 3.33. The van der Waals surface area contributed by atoms with Gasteiger partial charge in [0, 0.05) is 24.4 Å². The van der Waals surface area contributed by atoms with Crippen LogP contribution in [0.3, 0.4) is 0 Å². The van der Waals surface area contributed by atoms with Crippen molar-refractivity contribution in [3.05, 3.63) is 17.6 Å². The molecule has 1 aromatic heterocycles. The van der Waals surface area contributed by atoms with Crippen molar-refractivity contribution in [1.82, 2.24) is 9.97 Å². The molecular weight excluding hydrogens is 214 g/mol. The van der Waals surface area contributed by atoms with Gasteiger partial charge < -0.3 is 10.1 Å². The van der Waals surface area contributed by atoms with E-state index in [1.165, 1.54) is 0 Å². The minimum atomic E-state index is -0.0347. The Morgan fingerprint density at radius 1 is 1.35 bits per heavy atom. The maximum atomic E-state index is 5.71. The Labute approximate surface area is 103 Å². The lowest BCUT2D eigenvalue weighted by Gasteiger charge is -2.36. The van der Waals surface area contributed by atoms with Crippen LogP contribution in [-0.2, 0) is 4.74 Å². The third-order valence-corrected chi connectivity index (χ3v) is 3.02. The molecule has 1 aliphatic heterocycles. The van der Waals surface area contributed by atoms with Crippen molar-refractivity contribution in [2.75, 3.05) is 11.9 Å². The highest BCUT2D eigenvalue weighted by Crippen LogP contribution is 2.25. The third-order valence-electron chi connectivity index (χ3n) is 3.02. The number of hydrogen-bond acceptors (Lipinski definition) is 4. The lowest BCUT2D eigenvalue weighted by atomic mass is 9.94. The van der Waals surface area contributed by atoms with Gasteiger partial charge >= 0.3 is 0 Å². The predicted molar refractivity (Wildman–Crippen MR) is 68.2 cm³/mol. The van der Waals surface area contributed by atoms with E-state index in [0.29, 0.717) is 6.04 Å². The van der Waals surface area contributed by atoms with Crippen LogP contribution in [-0.4, -0.2) is 28.2 Å². The van der Waals surface area contributed by atoms with Gasteiger partial charge in [0.05, 0.1) is 5.60 Å². The van der Waals surface area contributed by atoms with Gasteiger partial charge in [-0.3, -0.25) is 0 Å². The number of nitrogens with zero attached hydrogens (tertiary/aromatic N) is 2. The summed E-state index contributed by atoms with van der Waals surface area (Å²) in [6.07, 6.45) is 2.04. The fraction of sp³-hybridized carbons (Fsp3) is 0.692. The van der Waals surface area contributed by atoms with E-state index < -0.39 is 0 Å². The molecule has 0 aromatic carbocycles. The zero-order valence-corrected chi connectivity index (χ0v) is 11.1. The molecule has 0 saturated carbocycles. The number of rotatable bonds is 2. The van der Waals surface area contributed by atoms with Gasteiger partial charge in [0.1, 0.15) is 11.6 Å². The Hall–Kier alpha value is -1.16. The summed E-state index contributed by atoms with van der Waals surface area (Å²) >= 11 is 0. The largest absolute Gasteiger partial charge is 0.375 e. The second kappa shape index (κ2) is 4.61. The van der Waals surface area contributed by atoms with Crippen molar-refractivity contribution < 1.29 is 4.74 Å². The van der Waals surface area contributed by atoms with Crippen LogP contribution in [0.25, 0.3) is 0 Å². The normalized spacial score (nSPS) is 23.4. The fourth-order valence-electron chi connectivity index (χ4n) is 2.36. The molecule has 1 aromatic rings. The molecule has 1 fully saturated rings. The summed E-state index contributed by atoms with van der Waals surface area (Å²) < 4.78 is 5.71. The topological polar surface area (TPSA) is 47.0 Å². The van der Waals surface area contributed by atoms with Crippen molar-refractivity contribution in [3.8, 4) is 0 Å². The first kappa shape index (κ1) is 12.3. The molecule has 1 saturated heterocycles. The van der Waals surface area contributed by atoms with E-state index in [1.807, 2.05) is 19.9 Å². The number of anilines is 1. The SMILES string of the molecule is Cc1cc(NC2CCOC(C)(C)C2)nc(C)n1. The molecular formula is C13H21N3O. The summed E-state index contributed by atoms with van der Waals surface area (Å²) in [5.74, 6) is 1.75. The third kappa shape index (κ3) is 3.40. The van der Waals surface area contributed by atoms with E-state index in [1.54, 1.807) is 0 Å². The van der Waals surface area contributed by atoms with Gasteiger partial charge in [-0.1, -0.05) is 0 Å². The van der Waals surface area contributed by atoms with Gasteiger partial charge in [0.2, 0.25) is 0 Å². The number of hydrogen-bond donors (Lipinski definition) is 1. The number of ether oxygens (including phenoxy) is 1. The van der Waals surface area contributed by atoms with Gasteiger partial charge in [-0.15, -0.1) is 0 Å². The van der Waals surface area contributed by atoms with Crippen LogP contribution in [0.15, 0.2) is 6.07 Å². The van der Waals surface area contributed by atoms with E-state index in [9.17, 15) is 0 Å². The Morgan fingerprint density at radius 3 is 2.76 bits per heavy atom. The molecule has 1 aliphatic rings. The van der Waals surface area contributed by atoms with Crippen molar-refractivity contribution in [2.45, 2.75) is 52.2 Å². The summed E-state index contributed by atoms with van der Waals surface area (Å²) in [4.78, 5) is 8.69. The van der Waals surface area contributed by atoms with Gasteiger partial charge in [0.15, 0.2) is 0 Å². The van der Waals surface area contributed by atoms with E-state index in [-0.39, 0.29) is 5.60 Å². The minimum absolute atomic E-state index is 0.0347. The maximum Gasteiger partial charge on any atom is 0.130 e. The summed E-state index contributed by atoms with van der Waals surface area (Å²) in [7, 11) is 0. The highest BCUT2D eigenvalue weighted by atomic mass is 16.5. The monoisotopic (exact) mass is 235 g/mol. The maximum absolute atomic E-state index is 5.71. The molecule has 1 atom stereocenters. The summed E-state index contributed by atoms with van der Waals surface area (Å²) in [5, 5.41) is 3.49. The van der Waals surface area contributed by atoms with Crippen molar-refractivity contribution >= 4 is 5.82 Å². The minimum Gasteiger partial charge on any atom is -0.375 e. The van der Waals surface area contributed by atoms with Crippen LogP contribution >= 0.6 is 0 Å². The van der Waals surface area contributed by atoms with Gasteiger partial charge in [0.25, 0.3) is 0 Å². The molecule has 0 aliphatic carbocycles. The smallest absolute Gasteiger partial charge is 0.130 e. The van der Waals surface area contributed by atoms with Gasteiger partial charge in [-0.2, -0.15) is 0 Å². The Morgan fingerprint density at radius 2 is 2.12 bits per heavy atom.